The molecule has 1 heterocycles. The van der Waals surface area contributed by atoms with Crippen molar-refractivity contribution in [3.63, 3.8) is 0 Å². The Kier molecular flexibility index (Phi) is 8.05. The fourth-order valence-electron chi connectivity index (χ4n) is 2.99. The van der Waals surface area contributed by atoms with E-state index in [1.165, 1.54) is 4.90 Å². The average Bonchev–Trinajstić information content (AvgIpc) is 3.04. The first-order chi connectivity index (χ1) is 13.3. The van der Waals surface area contributed by atoms with Crippen LogP contribution in [0.3, 0.4) is 0 Å². The lowest BCUT2D eigenvalue weighted by atomic mass is 10.2. The van der Waals surface area contributed by atoms with Gasteiger partial charge in [0.1, 0.15) is 6.54 Å². The van der Waals surface area contributed by atoms with Gasteiger partial charge < -0.3 is 14.4 Å². The quantitative estimate of drug-likeness (QED) is 0.545. The van der Waals surface area contributed by atoms with Gasteiger partial charge in [0, 0.05) is 42.1 Å². The summed E-state index contributed by atoms with van der Waals surface area (Å²) in [6.07, 6.45) is 3.61. The third kappa shape index (κ3) is 6.09. The van der Waals surface area contributed by atoms with Gasteiger partial charge in [-0.3, -0.25) is 9.59 Å². The maximum Gasteiger partial charge on any atom is 0.254 e. The molecule has 0 aliphatic rings. The summed E-state index contributed by atoms with van der Waals surface area (Å²) in [5, 5.41) is 0. The maximum absolute atomic E-state index is 13.1. The average molecular weight is 446 g/mol. The topological polar surface area (TPSA) is 45.6 Å². The van der Waals surface area contributed by atoms with E-state index in [0.717, 1.165) is 10.2 Å². The summed E-state index contributed by atoms with van der Waals surface area (Å²) in [5.74, 6) is 0.0795. The zero-order valence-electron chi connectivity index (χ0n) is 16.8. The molecule has 6 heteroatoms. The van der Waals surface area contributed by atoms with E-state index in [0.29, 0.717) is 31.1 Å². The second-order valence-corrected chi connectivity index (χ2v) is 8.18. The number of carbonyl (C=O) groups is 2. The van der Waals surface area contributed by atoms with Crippen LogP contribution in [0.5, 0.6) is 0 Å². The van der Waals surface area contributed by atoms with Crippen molar-refractivity contribution in [3.05, 3.63) is 71.0 Å². The van der Waals surface area contributed by atoms with Crippen molar-refractivity contribution < 1.29 is 9.59 Å². The summed E-state index contributed by atoms with van der Waals surface area (Å²) in [6.45, 7) is 9.40. The first-order valence-electron chi connectivity index (χ1n) is 9.35. The van der Waals surface area contributed by atoms with E-state index in [-0.39, 0.29) is 18.4 Å². The molecular formula is C22H28BrN3O2. The second-order valence-electron chi connectivity index (χ2n) is 7.26. The molecule has 0 unspecified atom stereocenters. The Hall–Kier alpha value is -2.34. The van der Waals surface area contributed by atoms with Crippen LogP contribution in [0.4, 0.5) is 0 Å². The van der Waals surface area contributed by atoms with Crippen LogP contribution < -0.4 is 0 Å². The van der Waals surface area contributed by atoms with Crippen LogP contribution in [0.25, 0.3) is 0 Å². The standard InChI is InChI=1S/C22H28BrN3O2/c1-5-11-25(22(28)18-8-6-9-19(23)13-18)16-21(27)26(14-17(2)3)15-20-10-7-12-24(20)4/h5-10,12-13,17H,1,11,14-16H2,2-4H3. The van der Waals surface area contributed by atoms with E-state index in [1.807, 2.05) is 47.0 Å². The van der Waals surface area contributed by atoms with Crippen LogP contribution in [0.15, 0.2) is 59.7 Å². The number of hydrogen-bond acceptors (Lipinski definition) is 2. The Labute approximate surface area is 175 Å². The molecule has 0 bridgehead atoms. The molecule has 0 spiro atoms. The van der Waals surface area contributed by atoms with Crippen molar-refractivity contribution in [2.75, 3.05) is 19.6 Å². The minimum atomic E-state index is -0.182. The molecule has 0 aliphatic heterocycles. The molecule has 0 saturated carbocycles. The Morgan fingerprint density at radius 2 is 1.96 bits per heavy atom. The van der Waals surface area contributed by atoms with E-state index in [9.17, 15) is 9.59 Å². The first-order valence-corrected chi connectivity index (χ1v) is 10.1. The van der Waals surface area contributed by atoms with Gasteiger partial charge in [-0.1, -0.05) is 41.9 Å². The SMILES string of the molecule is C=CCN(CC(=O)N(Cc1cccn1C)CC(C)C)C(=O)c1cccc(Br)c1. The number of aromatic nitrogens is 1. The van der Waals surface area contributed by atoms with E-state index < -0.39 is 0 Å². The Morgan fingerprint density at radius 1 is 1.21 bits per heavy atom. The van der Waals surface area contributed by atoms with Crippen molar-refractivity contribution in [1.29, 1.82) is 0 Å². The molecule has 2 amide bonds. The molecular weight excluding hydrogens is 418 g/mol. The smallest absolute Gasteiger partial charge is 0.254 e. The van der Waals surface area contributed by atoms with Crippen molar-refractivity contribution in [3.8, 4) is 0 Å². The van der Waals surface area contributed by atoms with Crippen molar-refractivity contribution in [2.45, 2.75) is 20.4 Å². The number of carbonyl (C=O) groups excluding carboxylic acids is 2. The van der Waals surface area contributed by atoms with E-state index in [1.54, 1.807) is 18.2 Å². The van der Waals surface area contributed by atoms with E-state index >= 15 is 0 Å². The molecule has 28 heavy (non-hydrogen) atoms. The zero-order valence-corrected chi connectivity index (χ0v) is 18.4. The van der Waals surface area contributed by atoms with Gasteiger partial charge in [0.25, 0.3) is 5.91 Å². The molecule has 2 aromatic rings. The molecule has 1 aromatic carbocycles. The maximum atomic E-state index is 13.1. The number of amides is 2. The van der Waals surface area contributed by atoms with Crippen molar-refractivity contribution in [1.82, 2.24) is 14.4 Å². The van der Waals surface area contributed by atoms with Crippen LogP contribution in [-0.4, -0.2) is 45.8 Å². The second kappa shape index (κ2) is 10.3. The summed E-state index contributed by atoms with van der Waals surface area (Å²) in [5.41, 5.74) is 1.60. The molecule has 2 rings (SSSR count). The van der Waals surface area contributed by atoms with Crippen LogP contribution in [0, 0.1) is 5.92 Å². The molecule has 150 valence electrons. The Balaban J connectivity index is 2.17. The number of hydrogen-bond donors (Lipinski definition) is 0. The molecule has 0 atom stereocenters. The molecule has 0 saturated heterocycles. The third-order valence-electron chi connectivity index (χ3n) is 4.38. The summed E-state index contributed by atoms with van der Waals surface area (Å²) in [7, 11) is 1.97. The summed E-state index contributed by atoms with van der Waals surface area (Å²) < 4.78 is 2.84. The van der Waals surface area contributed by atoms with Gasteiger partial charge in [0.2, 0.25) is 5.91 Å². The Morgan fingerprint density at radius 3 is 2.54 bits per heavy atom. The highest BCUT2D eigenvalue weighted by molar-refractivity contribution is 9.10. The highest BCUT2D eigenvalue weighted by Gasteiger charge is 2.23. The van der Waals surface area contributed by atoms with Gasteiger partial charge in [-0.2, -0.15) is 0 Å². The minimum absolute atomic E-state index is 0.0223. The summed E-state index contributed by atoms with van der Waals surface area (Å²) in [6, 6.07) is 11.2. The minimum Gasteiger partial charge on any atom is -0.353 e. The number of rotatable bonds is 9. The lowest BCUT2D eigenvalue weighted by molar-refractivity contribution is -0.133. The Bertz CT molecular complexity index is 829. The van der Waals surface area contributed by atoms with Crippen LogP contribution in [0.1, 0.15) is 29.9 Å². The van der Waals surface area contributed by atoms with Gasteiger partial charge in [-0.15, -0.1) is 6.58 Å². The lowest BCUT2D eigenvalue weighted by Crippen LogP contribution is -2.44. The molecule has 0 N–H and O–H groups in total. The van der Waals surface area contributed by atoms with Crippen LogP contribution in [-0.2, 0) is 18.4 Å². The van der Waals surface area contributed by atoms with E-state index in [2.05, 4.69) is 36.4 Å². The fourth-order valence-corrected chi connectivity index (χ4v) is 3.39. The van der Waals surface area contributed by atoms with Gasteiger partial charge in [0.15, 0.2) is 0 Å². The zero-order chi connectivity index (χ0) is 20.7. The third-order valence-corrected chi connectivity index (χ3v) is 4.87. The van der Waals surface area contributed by atoms with Gasteiger partial charge >= 0.3 is 0 Å². The molecule has 5 nitrogen and oxygen atoms in total. The monoisotopic (exact) mass is 445 g/mol. The first kappa shape index (κ1) is 22.0. The number of benzene rings is 1. The van der Waals surface area contributed by atoms with Gasteiger partial charge in [-0.05, 0) is 36.2 Å². The molecule has 0 fully saturated rings. The summed E-state index contributed by atoms with van der Waals surface area (Å²) in [4.78, 5) is 29.4. The number of halogens is 1. The molecule has 1 aromatic heterocycles. The predicted octanol–water partition coefficient (Wildman–Crippen LogP) is 4.10. The normalized spacial score (nSPS) is 10.8. The molecule has 0 radical (unpaired) electrons. The predicted molar refractivity (Wildman–Crippen MR) is 116 cm³/mol. The van der Waals surface area contributed by atoms with E-state index in [4.69, 9.17) is 0 Å². The van der Waals surface area contributed by atoms with Crippen molar-refractivity contribution in [2.24, 2.45) is 13.0 Å². The van der Waals surface area contributed by atoms with Crippen LogP contribution >= 0.6 is 15.9 Å². The lowest BCUT2D eigenvalue weighted by Gasteiger charge is -2.28. The highest BCUT2D eigenvalue weighted by Crippen LogP contribution is 2.15. The largest absolute Gasteiger partial charge is 0.353 e. The number of aryl methyl sites for hydroxylation is 1. The van der Waals surface area contributed by atoms with Crippen LogP contribution in [0.2, 0.25) is 0 Å². The van der Waals surface area contributed by atoms with Gasteiger partial charge in [-0.25, -0.2) is 0 Å². The van der Waals surface area contributed by atoms with Gasteiger partial charge in [0.05, 0.1) is 6.54 Å². The molecule has 0 aliphatic carbocycles. The highest BCUT2D eigenvalue weighted by atomic mass is 79.9. The fraction of sp³-hybridized carbons (Fsp3) is 0.364. The van der Waals surface area contributed by atoms with Crippen molar-refractivity contribution >= 4 is 27.7 Å². The summed E-state index contributed by atoms with van der Waals surface area (Å²) >= 11 is 3.39. The number of nitrogens with zero attached hydrogens (tertiary/aromatic N) is 3.